The van der Waals surface area contributed by atoms with Crippen LogP contribution < -0.4 is 4.74 Å². The quantitative estimate of drug-likeness (QED) is 0.866. The van der Waals surface area contributed by atoms with Crippen molar-refractivity contribution in [1.82, 2.24) is 9.88 Å². The van der Waals surface area contributed by atoms with E-state index in [0.29, 0.717) is 0 Å². The third-order valence-electron chi connectivity index (χ3n) is 4.16. The predicted octanol–water partition coefficient (Wildman–Crippen LogP) is 2.95. The lowest BCUT2D eigenvalue weighted by molar-refractivity contribution is 0.0835. The zero-order valence-electron chi connectivity index (χ0n) is 12.1. The van der Waals surface area contributed by atoms with Gasteiger partial charge < -0.3 is 9.15 Å². The molecular formula is C16H17FN2O2S. The number of nitrogens with zero attached hydrogens (tertiary/aromatic N) is 2. The molecule has 116 valence electrons. The molecule has 2 fully saturated rings. The summed E-state index contributed by atoms with van der Waals surface area (Å²) in [5.74, 6) is 1.63. The number of furan rings is 1. The van der Waals surface area contributed by atoms with Gasteiger partial charge in [-0.2, -0.15) is 0 Å². The van der Waals surface area contributed by atoms with Gasteiger partial charge in [0.15, 0.2) is 5.82 Å². The average molecular weight is 320 g/mol. The molecule has 4 rings (SSSR count). The van der Waals surface area contributed by atoms with Crippen molar-refractivity contribution in [2.45, 2.75) is 23.8 Å². The van der Waals surface area contributed by atoms with E-state index in [2.05, 4.69) is 9.88 Å². The summed E-state index contributed by atoms with van der Waals surface area (Å²) in [6.07, 6.45) is 4.26. The highest BCUT2D eigenvalue weighted by atomic mass is 32.2. The van der Waals surface area contributed by atoms with Gasteiger partial charge in [0.2, 0.25) is 0 Å². The van der Waals surface area contributed by atoms with Crippen molar-refractivity contribution in [2.24, 2.45) is 0 Å². The molecule has 2 saturated heterocycles. The molecule has 1 atom stereocenters. The third-order valence-corrected chi connectivity index (χ3v) is 5.74. The molecule has 4 heterocycles. The second-order valence-corrected chi connectivity index (χ2v) is 7.44. The van der Waals surface area contributed by atoms with Crippen molar-refractivity contribution in [3.8, 4) is 5.88 Å². The number of pyridine rings is 1. The molecule has 0 amide bonds. The summed E-state index contributed by atoms with van der Waals surface area (Å²) in [7, 11) is 0. The minimum Gasteiger partial charge on any atom is -0.471 e. The number of thioether (sulfide) groups is 1. The molecule has 0 unspecified atom stereocenters. The molecule has 2 aliphatic rings. The fourth-order valence-corrected chi connectivity index (χ4v) is 4.79. The van der Waals surface area contributed by atoms with Crippen molar-refractivity contribution in [1.29, 1.82) is 0 Å². The van der Waals surface area contributed by atoms with Gasteiger partial charge in [-0.3, -0.25) is 4.90 Å². The van der Waals surface area contributed by atoms with Crippen LogP contribution in [0.3, 0.4) is 0 Å². The first kappa shape index (κ1) is 14.1. The molecule has 4 nitrogen and oxygen atoms in total. The molecule has 0 bridgehead atoms. The van der Waals surface area contributed by atoms with Crippen molar-refractivity contribution in [3.63, 3.8) is 0 Å². The second kappa shape index (κ2) is 5.59. The smallest absolute Gasteiger partial charge is 0.250 e. The molecule has 1 spiro atoms. The van der Waals surface area contributed by atoms with Crippen molar-refractivity contribution >= 4 is 11.8 Å². The van der Waals surface area contributed by atoms with E-state index in [-0.39, 0.29) is 22.5 Å². The molecule has 2 aromatic rings. The van der Waals surface area contributed by atoms with Crippen LogP contribution in [0.2, 0.25) is 0 Å². The summed E-state index contributed by atoms with van der Waals surface area (Å²) in [5.41, 5.74) is 0. The van der Waals surface area contributed by atoms with Crippen LogP contribution >= 0.6 is 11.8 Å². The second-order valence-electron chi connectivity index (χ2n) is 5.95. The first-order chi connectivity index (χ1) is 10.7. The maximum atomic E-state index is 13.6. The first-order valence-electron chi connectivity index (χ1n) is 7.38. The number of halogens is 1. The lowest BCUT2D eigenvalue weighted by Crippen LogP contribution is -2.58. The van der Waals surface area contributed by atoms with Gasteiger partial charge in [-0.05, 0) is 24.3 Å². The summed E-state index contributed by atoms with van der Waals surface area (Å²) in [4.78, 5) is 6.34. The van der Waals surface area contributed by atoms with E-state index in [4.69, 9.17) is 9.15 Å². The maximum absolute atomic E-state index is 13.6. The summed E-state index contributed by atoms with van der Waals surface area (Å²) in [6.45, 7) is 2.92. The molecule has 0 aliphatic carbocycles. The van der Waals surface area contributed by atoms with Gasteiger partial charge in [0.1, 0.15) is 11.9 Å². The van der Waals surface area contributed by atoms with E-state index in [1.165, 1.54) is 6.07 Å². The molecule has 2 aliphatic heterocycles. The Labute approximate surface area is 132 Å². The fraction of sp³-hybridized carbons (Fsp3) is 0.438. The van der Waals surface area contributed by atoms with Crippen LogP contribution in [0.15, 0.2) is 41.1 Å². The van der Waals surface area contributed by atoms with E-state index in [1.807, 2.05) is 23.9 Å². The normalized spacial score (nSPS) is 23.6. The van der Waals surface area contributed by atoms with E-state index >= 15 is 0 Å². The maximum Gasteiger partial charge on any atom is 0.250 e. The Morgan fingerprint density at radius 2 is 2.32 bits per heavy atom. The Balaban J connectivity index is 1.31. The van der Waals surface area contributed by atoms with Crippen LogP contribution in [0.5, 0.6) is 5.88 Å². The van der Waals surface area contributed by atoms with Gasteiger partial charge in [-0.1, -0.05) is 0 Å². The Kier molecular flexibility index (Phi) is 3.58. The Morgan fingerprint density at radius 3 is 3.09 bits per heavy atom. The lowest BCUT2D eigenvalue weighted by Gasteiger charge is -2.47. The van der Waals surface area contributed by atoms with Gasteiger partial charge in [0.05, 0.1) is 12.8 Å². The van der Waals surface area contributed by atoms with Crippen LogP contribution in [0.25, 0.3) is 0 Å². The zero-order valence-corrected chi connectivity index (χ0v) is 12.9. The molecule has 0 aromatic carbocycles. The molecule has 6 heteroatoms. The lowest BCUT2D eigenvalue weighted by atomic mass is 9.93. The Morgan fingerprint density at radius 1 is 1.41 bits per heavy atom. The molecular weight excluding hydrogens is 303 g/mol. The Hall–Kier alpha value is -1.53. The fourth-order valence-electron chi connectivity index (χ4n) is 3.22. The molecule has 22 heavy (non-hydrogen) atoms. The summed E-state index contributed by atoms with van der Waals surface area (Å²) >= 11 is 1.93. The number of rotatable bonds is 4. The van der Waals surface area contributed by atoms with Crippen molar-refractivity contribution in [2.75, 3.05) is 18.8 Å². The number of hydrogen-bond donors (Lipinski definition) is 0. The average Bonchev–Trinajstić information content (AvgIpc) is 3.11. The SMILES string of the molecule is Fc1cccnc1O[C@@H]1CSC2(C1)CN(Cc1ccco1)C2. The number of hydrogen-bond acceptors (Lipinski definition) is 5. The zero-order chi connectivity index (χ0) is 15.0. The van der Waals surface area contributed by atoms with E-state index in [9.17, 15) is 4.39 Å². The number of ether oxygens (including phenoxy) is 1. The van der Waals surface area contributed by atoms with Crippen LogP contribution in [0, 0.1) is 5.82 Å². The van der Waals surface area contributed by atoms with Crippen LogP contribution in [-0.2, 0) is 6.54 Å². The topological polar surface area (TPSA) is 38.5 Å². The van der Waals surface area contributed by atoms with E-state index < -0.39 is 0 Å². The highest BCUT2D eigenvalue weighted by molar-refractivity contribution is 8.01. The minimum atomic E-state index is -0.387. The van der Waals surface area contributed by atoms with Crippen LogP contribution in [-0.4, -0.2) is 39.6 Å². The standard InChI is InChI=1S/C16H17FN2O2S/c17-14-4-1-5-18-15(14)21-13-7-16(22-9-13)10-19(11-16)8-12-3-2-6-20-12/h1-6,13H,7-11H2/t13-/m0/s1. The predicted molar refractivity (Wildman–Crippen MR) is 82.4 cm³/mol. The molecule has 0 N–H and O–H groups in total. The van der Waals surface area contributed by atoms with E-state index in [0.717, 1.165) is 37.6 Å². The summed E-state index contributed by atoms with van der Waals surface area (Å²) < 4.78 is 25.0. The van der Waals surface area contributed by atoms with Gasteiger partial charge >= 0.3 is 0 Å². The van der Waals surface area contributed by atoms with Gasteiger partial charge in [0, 0.05) is 36.2 Å². The number of likely N-dealkylation sites (tertiary alicyclic amines) is 1. The largest absolute Gasteiger partial charge is 0.471 e. The highest BCUT2D eigenvalue weighted by Gasteiger charge is 2.49. The summed E-state index contributed by atoms with van der Waals surface area (Å²) in [6, 6.07) is 6.88. The third kappa shape index (κ3) is 2.73. The highest BCUT2D eigenvalue weighted by Crippen LogP contribution is 2.46. The minimum absolute atomic E-state index is 0.0418. The molecule has 0 saturated carbocycles. The van der Waals surface area contributed by atoms with Crippen molar-refractivity contribution in [3.05, 3.63) is 48.3 Å². The van der Waals surface area contributed by atoms with Crippen molar-refractivity contribution < 1.29 is 13.5 Å². The summed E-state index contributed by atoms with van der Waals surface area (Å²) in [5, 5.41) is 0. The molecule has 2 aromatic heterocycles. The van der Waals surface area contributed by atoms with Gasteiger partial charge in [0.25, 0.3) is 5.88 Å². The number of aromatic nitrogens is 1. The Bertz CT molecular complexity index is 643. The van der Waals surface area contributed by atoms with Crippen LogP contribution in [0.1, 0.15) is 12.2 Å². The van der Waals surface area contributed by atoms with Gasteiger partial charge in [-0.15, -0.1) is 11.8 Å². The van der Waals surface area contributed by atoms with Gasteiger partial charge in [-0.25, -0.2) is 9.37 Å². The van der Waals surface area contributed by atoms with Crippen LogP contribution in [0.4, 0.5) is 4.39 Å². The molecule has 0 radical (unpaired) electrons. The monoisotopic (exact) mass is 320 g/mol. The first-order valence-corrected chi connectivity index (χ1v) is 8.37. The van der Waals surface area contributed by atoms with E-state index in [1.54, 1.807) is 18.5 Å².